The van der Waals surface area contributed by atoms with Crippen molar-refractivity contribution in [2.45, 2.75) is 13.8 Å². The highest BCUT2D eigenvalue weighted by molar-refractivity contribution is 9.10. The summed E-state index contributed by atoms with van der Waals surface area (Å²) in [7, 11) is 0. The number of nitrogens with zero attached hydrogens (tertiary/aromatic N) is 1. The van der Waals surface area contributed by atoms with Crippen molar-refractivity contribution in [1.82, 2.24) is 5.43 Å². The molecule has 0 bridgehead atoms. The highest BCUT2D eigenvalue weighted by Gasteiger charge is 2.13. The molecular weight excluding hydrogens is 496 g/mol. The van der Waals surface area contributed by atoms with Gasteiger partial charge in [-0.3, -0.25) is 4.79 Å². The first kappa shape index (κ1) is 23.5. The first-order valence-corrected chi connectivity index (χ1v) is 10.9. The molecule has 0 saturated heterocycles. The minimum Gasteiger partial charge on any atom is -0.490 e. The van der Waals surface area contributed by atoms with Gasteiger partial charge in [-0.15, -0.1) is 0 Å². The van der Waals surface area contributed by atoms with Crippen LogP contribution in [0, 0.1) is 6.92 Å². The molecule has 0 aliphatic carbocycles. The van der Waals surface area contributed by atoms with E-state index in [1.54, 1.807) is 60.7 Å². The lowest BCUT2D eigenvalue weighted by Crippen LogP contribution is -2.18. The maximum atomic E-state index is 12.4. The number of hydrogen-bond acceptors (Lipinski definition) is 5. The second-order valence-corrected chi connectivity index (χ2v) is 8.04. The van der Waals surface area contributed by atoms with E-state index >= 15 is 0 Å². The monoisotopic (exact) mass is 514 g/mol. The third-order valence-corrected chi connectivity index (χ3v) is 5.14. The van der Waals surface area contributed by atoms with Crippen molar-refractivity contribution in [2.75, 3.05) is 6.61 Å². The minimum atomic E-state index is -0.498. The Balaban J connectivity index is 1.71. The SMILES string of the molecule is CCOc1cc(/C=N/NC(=O)c2ccc(C)cc2Cl)ccc1OC(=O)c1ccc(Br)cc1. The van der Waals surface area contributed by atoms with Gasteiger partial charge in [0.2, 0.25) is 0 Å². The fraction of sp³-hybridized carbons (Fsp3) is 0.125. The van der Waals surface area contributed by atoms with Crippen LogP contribution < -0.4 is 14.9 Å². The molecule has 0 radical (unpaired) electrons. The summed E-state index contributed by atoms with van der Waals surface area (Å²) in [4.78, 5) is 24.7. The molecule has 0 heterocycles. The summed E-state index contributed by atoms with van der Waals surface area (Å²) in [5, 5.41) is 4.33. The lowest BCUT2D eigenvalue weighted by atomic mass is 10.1. The van der Waals surface area contributed by atoms with E-state index < -0.39 is 11.9 Å². The number of carbonyl (C=O) groups is 2. The van der Waals surface area contributed by atoms with E-state index in [1.165, 1.54) is 6.21 Å². The van der Waals surface area contributed by atoms with Crippen molar-refractivity contribution >= 4 is 45.6 Å². The van der Waals surface area contributed by atoms with Crippen molar-refractivity contribution in [3.63, 3.8) is 0 Å². The van der Waals surface area contributed by atoms with Gasteiger partial charge in [-0.05, 0) is 79.6 Å². The average molecular weight is 516 g/mol. The third kappa shape index (κ3) is 6.18. The van der Waals surface area contributed by atoms with E-state index in [4.69, 9.17) is 21.1 Å². The second kappa shape index (κ2) is 10.9. The van der Waals surface area contributed by atoms with Crippen molar-refractivity contribution in [3.05, 3.63) is 92.4 Å². The summed E-state index contributed by atoms with van der Waals surface area (Å²) in [6.07, 6.45) is 1.46. The molecule has 0 saturated carbocycles. The molecule has 3 rings (SSSR count). The fourth-order valence-corrected chi connectivity index (χ4v) is 3.32. The van der Waals surface area contributed by atoms with Gasteiger partial charge in [0.15, 0.2) is 11.5 Å². The summed E-state index contributed by atoms with van der Waals surface area (Å²) < 4.78 is 12.0. The number of nitrogens with one attached hydrogen (secondary N) is 1. The molecule has 8 heteroatoms. The number of halogens is 2. The predicted molar refractivity (Wildman–Crippen MR) is 128 cm³/mol. The zero-order valence-electron chi connectivity index (χ0n) is 17.4. The zero-order chi connectivity index (χ0) is 23.1. The third-order valence-electron chi connectivity index (χ3n) is 4.30. The van der Waals surface area contributed by atoms with Crippen LogP contribution in [0.5, 0.6) is 11.5 Å². The zero-order valence-corrected chi connectivity index (χ0v) is 19.7. The van der Waals surface area contributed by atoms with E-state index in [0.717, 1.165) is 10.0 Å². The molecule has 0 aromatic heterocycles. The molecule has 0 aliphatic rings. The van der Waals surface area contributed by atoms with Gasteiger partial charge in [-0.2, -0.15) is 5.10 Å². The Bertz CT molecular complexity index is 1160. The van der Waals surface area contributed by atoms with Crippen LogP contribution >= 0.6 is 27.5 Å². The van der Waals surface area contributed by atoms with Crippen LogP contribution in [0.25, 0.3) is 0 Å². The molecule has 0 unspecified atom stereocenters. The van der Waals surface area contributed by atoms with Crippen molar-refractivity contribution in [1.29, 1.82) is 0 Å². The Hall–Kier alpha value is -3.16. The first-order chi connectivity index (χ1) is 15.4. The summed E-state index contributed by atoms with van der Waals surface area (Å²) >= 11 is 9.45. The minimum absolute atomic E-state index is 0.285. The van der Waals surface area contributed by atoms with Crippen molar-refractivity contribution < 1.29 is 19.1 Å². The summed E-state index contributed by atoms with van der Waals surface area (Å²) in [6, 6.07) is 17.0. The van der Waals surface area contributed by atoms with E-state index in [2.05, 4.69) is 26.5 Å². The average Bonchev–Trinajstić information content (AvgIpc) is 2.76. The molecule has 0 spiro atoms. The smallest absolute Gasteiger partial charge is 0.343 e. The second-order valence-electron chi connectivity index (χ2n) is 6.72. The van der Waals surface area contributed by atoms with E-state index in [9.17, 15) is 9.59 Å². The largest absolute Gasteiger partial charge is 0.490 e. The Morgan fingerprint density at radius 3 is 2.50 bits per heavy atom. The molecule has 6 nitrogen and oxygen atoms in total. The van der Waals surface area contributed by atoms with Gasteiger partial charge in [-0.1, -0.05) is 33.6 Å². The number of ether oxygens (including phenoxy) is 2. The number of esters is 1. The first-order valence-electron chi connectivity index (χ1n) is 9.71. The van der Waals surface area contributed by atoms with Crippen LogP contribution in [0.4, 0.5) is 0 Å². The van der Waals surface area contributed by atoms with Gasteiger partial charge in [0, 0.05) is 4.47 Å². The predicted octanol–water partition coefficient (Wildman–Crippen LogP) is 5.79. The number of aryl methyl sites for hydroxylation is 1. The van der Waals surface area contributed by atoms with E-state index in [1.807, 2.05) is 13.8 Å². The lowest BCUT2D eigenvalue weighted by Gasteiger charge is -2.11. The van der Waals surface area contributed by atoms with E-state index in [-0.39, 0.29) is 5.75 Å². The molecule has 3 aromatic carbocycles. The lowest BCUT2D eigenvalue weighted by molar-refractivity contribution is 0.0728. The number of benzene rings is 3. The van der Waals surface area contributed by atoms with E-state index in [0.29, 0.717) is 34.1 Å². The van der Waals surface area contributed by atoms with Gasteiger partial charge in [0.05, 0.1) is 29.0 Å². The summed E-state index contributed by atoms with van der Waals surface area (Å²) in [5.74, 6) is -0.249. The van der Waals surface area contributed by atoms with Gasteiger partial charge in [0.25, 0.3) is 5.91 Å². The maximum Gasteiger partial charge on any atom is 0.343 e. The van der Waals surface area contributed by atoms with Crippen LogP contribution in [0.3, 0.4) is 0 Å². The van der Waals surface area contributed by atoms with Gasteiger partial charge < -0.3 is 9.47 Å². The number of carbonyl (C=O) groups excluding carboxylic acids is 2. The van der Waals surface area contributed by atoms with Crippen LogP contribution in [-0.2, 0) is 0 Å². The standard InChI is InChI=1S/C24H20BrClN2O4/c1-3-31-22-13-16(14-27-28-23(29)19-10-4-15(2)12-20(19)26)5-11-21(22)32-24(30)17-6-8-18(25)9-7-17/h4-14H,3H2,1-2H3,(H,28,29)/b27-14+. The van der Waals surface area contributed by atoms with Gasteiger partial charge >= 0.3 is 5.97 Å². The highest BCUT2D eigenvalue weighted by Crippen LogP contribution is 2.29. The van der Waals surface area contributed by atoms with Crippen LogP contribution in [-0.4, -0.2) is 24.7 Å². The van der Waals surface area contributed by atoms with Gasteiger partial charge in [-0.25, -0.2) is 10.2 Å². The molecular formula is C24H20BrClN2O4. The number of hydrazone groups is 1. The number of rotatable bonds is 7. The topological polar surface area (TPSA) is 77.0 Å². The highest BCUT2D eigenvalue weighted by atomic mass is 79.9. The van der Waals surface area contributed by atoms with Crippen molar-refractivity contribution in [3.8, 4) is 11.5 Å². The summed E-state index contributed by atoms with van der Waals surface area (Å²) in [5.41, 5.74) is 4.80. The molecule has 3 aromatic rings. The Kier molecular flexibility index (Phi) is 8.03. The molecule has 1 amide bonds. The molecule has 0 aliphatic heterocycles. The maximum absolute atomic E-state index is 12.4. The normalized spacial score (nSPS) is 10.8. The Morgan fingerprint density at radius 1 is 1.06 bits per heavy atom. The summed E-state index contributed by atoms with van der Waals surface area (Å²) in [6.45, 7) is 4.10. The number of amides is 1. The Labute approximate surface area is 199 Å². The van der Waals surface area contributed by atoms with Crippen molar-refractivity contribution in [2.24, 2.45) is 5.10 Å². The molecule has 1 N–H and O–H groups in total. The quantitative estimate of drug-likeness (QED) is 0.187. The molecule has 164 valence electrons. The van der Waals surface area contributed by atoms with Crippen LogP contribution in [0.2, 0.25) is 5.02 Å². The molecule has 32 heavy (non-hydrogen) atoms. The van der Waals surface area contributed by atoms with Gasteiger partial charge in [0.1, 0.15) is 0 Å². The number of hydrogen-bond donors (Lipinski definition) is 1. The van der Waals surface area contributed by atoms with Crippen LogP contribution in [0.1, 0.15) is 38.8 Å². The molecule has 0 atom stereocenters. The van der Waals surface area contributed by atoms with Crippen LogP contribution in [0.15, 0.2) is 70.2 Å². The molecule has 0 fully saturated rings. The fourth-order valence-electron chi connectivity index (χ4n) is 2.73. The Morgan fingerprint density at radius 2 is 1.81 bits per heavy atom.